The van der Waals surface area contributed by atoms with Crippen LogP contribution in [0.15, 0.2) is 84.9 Å². The first kappa shape index (κ1) is 20.8. The van der Waals surface area contributed by atoms with Crippen molar-refractivity contribution in [3.8, 4) is 17.2 Å². The molecule has 0 saturated heterocycles. The average Bonchev–Trinajstić information content (AvgIpc) is 2.75. The van der Waals surface area contributed by atoms with Crippen molar-refractivity contribution in [3.05, 3.63) is 90.5 Å². The fourth-order valence-electron chi connectivity index (χ4n) is 3.48. The minimum atomic E-state index is -1.11. The summed E-state index contributed by atoms with van der Waals surface area (Å²) in [5.74, 6) is 0.480. The topological polar surface area (TPSA) is 38.7 Å². The van der Waals surface area contributed by atoms with Crippen molar-refractivity contribution in [1.82, 2.24) is 0 Å². The van der Waals surface area contributed by atoms with Gasteiger partial charge in [-0.2, -0.15) is 0 Å². The second-order valence-electron chi connectivity index (χ2n) is 7.26. The van der Waals surface area contributed by atoms with E-state index >= 15 is 0 Å². The molecule has 3 rings (SSSR count). The first-order valence-corrected chi connectivity index (χ1v) is 10.5. The summed E-state index contributed by atoms with van der Waals surface area (Å²) in [4.78, 5) is 0. The lowest BCUT2D eigenvalue weighted by molar-refractivity contribution is -0.130. The third kappa shape index (κ3) is 5.77. The quantitative estimate of drug-likeness (QED) is 0.281. The van der Waals surface area contributed by atoms with Crippen LogP contribution in [0.2, 0.25) is 0 Å². The van der Waals surface area contributed by atoms with Crippen molar-refractivity contribution in [3.63, 3.8) is 0 Å². The molecule has 152 valence electrons. The minimum absolute atomic E-state index is 0.174. The number of unbranched alkanes of at least 4 members (excludes halogenated alkanes) is 4. The number of rotatable bonds is 11. The van der Waals surface area contributed by atoms with Crippen LogP contribution in [0.4, 0.5) is 0 Å². The molecule has 0 aliphatic heterocycles. The monoisotopic (exact) mass is 390 g/mol. The van der Waals surface area contributed by atoms with Crippen molar-refractivity contribution < 1.29 is 14.6 Å². The van der Waals surface area contributed by atoms with Gasteiger partial charge in [-0.25, -0.2) is 0 Å². The molecule has 0 bridgehead atoms. The Hall–Kier alpha value is -2.94. The highest BCUT2D eigenvalue weighted by Gasteiger charge is 2.39. The molecule has 0 spiro atoms. The zero-order valence-corrected chi connectivity index (χ0v) is 17.1. The van der Waals surface area contributed by atoms with Gasteiger partial charge in [0, 0.05) is 6.42 Å². The Bertz CT molecular complexity index is 805. The Morgan fingerprint density at radius 1 is 0.655 bits per heavy atom. The summed E-state index contributed by atoms with van der Waals surface area (Å²) in [5.41, 5.74) is 0.642. The van der Waals surface area contributed by atoms with Gasteiger partial charge in [0.05, 0.1) is 5.56 Å². The molecule has 1 N–H and O–H groups in total. The summed E-state index contributed by atoms with van der Waals surface area (Å²) >= 11 is 0. The van der Waals surface area contributed by atoms with Gasteiger partial charge in [-0.1, -0.05) is 81.1 Å². The van der Waals surface area contributed by atoms with E-state index in [1.807, 2.05) is 78.9 Å². The van der Waals surface area contributed by atoms with Gasteiger partial charge >= 0.3 is 0 Å². The molecule has 0 atom stereocenters. The van der Waals surface area contributed by atoms with Gasteiger partial charge in [-0.3, -0.25) is 0 Å². The summed E-state index contributed by atoms with van der Waals surface area (Å²) in [7, 11) is 0. The molecule has 3 nitrogen and oxygen atoms in total. The van der Waals surface area contributed by atoms with Crippen LogP contribution in [-0.4, -0.2) is 5.11 Å². The summed E-state index contributed by atoms with van der Waals surface area (Å²) in [6, 6.07) is 26.6. The molecule has 0 heterocycles. The van der Waals surface area contributed by atoms with E-state index in [0.29, 0.717) is 23.5 Å². The summed E-state index contributed by atoms with van der Waals surface area (Å²) in [5, 5.41) is 10.7. The third-order valence-corrected chi connectivity index (χ3v) is 4.98. The zero-order valence-electron chi connectivity index (χ0n) is 17.1. The summed E-state index contributed by atoms with van der Waals surface area (Å²) < 4.78 is 13.0. The standard InChI is InChI=1S/C26H30O3/c1-2-3-4-5-14-21-26(24-19-12-13-20-25(24)27,28-22-15-8-6-9-16-22)29-23-17-10-7-11-18-23/h6-13,15-20,27H,2-5,14,21H2,1H3. The molecule has 0 radical (unpaired) electrons. The Morgan fingerprint density at radius 3 is 1.72 bits per heavy atom. The number of benzene rings is 3. The van der Waals surface area contributed by atoms with E-state index in [0.717, 1.165) is 12.8 Å². The molecule has 3 aromatic carbocycles. The molecule has 0 aliphatic carbocycles. The molecule has 0 aliphatic rings. The van der Waals surface area contributed by atoms with Gasteiger partial charge in [0.15, 0.2) is 0 Å². The molecule has 29 heavy (non-hydrogen) atoms. The number of hydrogen-bond donors (Lipinski definition) is 1. The molecular formula is C26H30O3. The third-order valence-electron chi connectivity index (χ3n) is 4.98. The molecule has 3 heteroatoms. The van der Waals surface area contributed by atoms with Crippen LogP contribution in [0.25, 0.3) is 0 Å². The summed E-state index contributed by atoms with van der Waals surface area (Å²) in [6.45, 7) is 2.21. The smallest absolute Gasteiger partial charge is 0.281 e. The first-order chi connectivity index (χ1) is 14.2. The Labute approximate surface area is 173 Å². The van der Waals surface area contributed by atoms with E-state index < -0.39 is 5.79 Å². The number of phenols is 1. The van der Waals surface area contributed by atoms with Crippen LogP contribution in [0.1, 0.15) is 51.0 Å². The predicted octanol–water partition coefficient (Wildman–Crippen LogP) is 7.06. The van der Waals surface area contributed by atoms with Crippen LogP contribution in [-0.2, 0) is 5.79 Å². The predicted molar refractivity (Wildman–Crippen MR) is 117 cm³/mol. The Balaban J connectivity index is 1.98. The lowest BCUT2D eigenvalue weighted by Crippen LogP contribution is -2.39. The zero-order chi connectivity index (χ0) is 20.4. The second kappa shape index (κ2) is 10.6. The average molecular weight is 391 g/mol. The number of ether oxygens (including phenoxy) is 2. The normalized spacial score (nSPS) is 11.2. The second-order valence-corrected chi connectivity index (χ2v) is 7.26. The van der Waals surface area contributed by atoms with Gasteiger partial charge in [0.2, 0.25) is 0 Å². The van der Waals surface area contributed by atoms with Gasteiger partial charge in [0.25, 0.3) is 5.79 Å². The van der Waals surface area contributed by atoms with Gasteiger partial charge < -0.3 is 14.6 Å². The molecule has 0 saturated carbocycles. The van der Waals surface area contributed by atoms with Crippen LogP contribution >= 0.6 is 0 Å². The van der Waals surface area contributed by atoms with Gasteiger partial charge in [-0.15, -0.1) is 0 Å². The van der Waals surface area contributed by atoms with Crippen molar-refractivity contribution in [1.29, 1.82) is 0 Å². The van der Waals surface area contributed by atoms with Crippen LogP contribution in [0, 0.1) is 0 Å². The maximum absolute atomic E-state index is 10.7. The fourth-order valence-corrected chi connectivity index (χ4v) is 3.48. The number of phenolic OH excluding ortho intramolecular Hbond substituents is 1. The van der Waals surface area contributed by atoms with Crippen LogP contribution in [0.5, 0.6) is 17.2 Å². The van der Waals surface area contributed by atoms with E-state index in [-0.39, 0.29) is 5.75 Å². The maximum Gasteiger partial charge on any atom is 0.281 e. The van der Waals surface area contributed by atoms with Crippen molar-refractivity contribution >= 4 is 0 Å². The van der Waals surface area contributed by atoms with E-state index in [1.165, 1.54) is 19.3 Å². The highest BCUT2D eigenvalue weighted by Crippen LogP contribution is 2.39. The largest absolute Gasteiger partial charge is 0.507 e. The van der Waals surface area contributed by atoms with Crippen LogP contribution in [0.3, 0.4) is 0 Å². The van der Waals surface area contributed by atoms with E-state index in [4.69, 9.17) is 9.47 Å². The highest BCUT2D eigenvalue weighted by molar-refractivity contribution is 5.38. The Morgan fingerprint density at radius 2 is 1.17 bits per heavy atom. The molecule has 0 unspecified atom stereocenters. The molecule has 0 amide bonds. The summed E-state index contributed by atoms with van der Waals surface area (Å²) in [6.07, 6.45) is 6.28. The SMILES string of the molecule is CCCCCCCC(Oc1ccccc1)(Oc1ccccc1)c1ccccc1O. The minimum Gasteiger partial charge on any atom is -0.507 e. The number of aromatic hydroxyl groups is 1. The Kier molecular flexibility index (Phi) is 7.57. The maximum atomic E-state index is 10.7. The first-order valence-electron chi connectivity index (χ1n) is 10.5. The van der Waals surface area contributed by atoms with Crippen molar-refractivity contribution in [2.24, 2.45) is 0 Å². The van der Waals surface area contributed by atoms with Crippen molar-refractivity contribution in [2.45, 2.75) is 51.2 Å². The van der Waals surface area contributed by atoms with E-state index in [1.54, 1.807) is 6.07 Å². The fraction of sp³-hybridized carbons (Fsp3) is 0.308. The lowest BCUT2D eigenvalue weighted by atomic mass is 9.97. The van der Waals surface area contributed by atoms with Gasteiger partial charge in [0.1, 0.15) is 17.2 Å². The number of para-hydroxylation sites is 3. The molecular weight excluding hydrogens is 360 g/mol. The lowest BCUT2D eigenvalue weighted by Gasteiger charge is -2.35. The molecule has 0 fully saturated rings. The molecule has 3 aromatic rings. The highest BCUT2D eigenvalue weighted by atomic mass is 16.7. The van der Waals surface area contributed by atoms with E-state index in [9.17, 15) is 5.11 Å². The van der Waals surface area contributed by atoms with E-state index in [2.05, 4.69) is 6.92 Å². The number of hydrogen-bond acceptors (Lipinski definition) is 3. The van der Waals surface area contributed by atoms with Crippen molar-refractivity contribution in [2.75, 3.05) is 0 Å². The van der Waals surface area contributed by atoms with Gasteiger partial charge in [-0.05, 0) is 42.8 Å². The molecule has 0 aromatic heterocycles. The van der Waals surface area contributed by atoms with Crippen LogP contribution < -0.4 is 9.47 Å².